The van der Waals surface area contributed by atoms with E-state index in [4.69, 9.17) is 5.73 Å². The molecule has 0 unspecified atom stereocenters. The van der Waals surface area contributed by atoms with Crippen molar-refractivity contribution in [3.05, 3.63) is 23.9 Å². The van der Waals surface area contributed by atoms with Crippen LogP contribution < -0.4 is 11.1 Å². The van der Waals surface area contributed by atoms with E-state index in [-0.39, 0.29) is 18.8 Å². The molecule has 1 heterocycles. The van der Waals surface area contributed by atoms with Gasteiger partial charge in [-0.25, -0.2) is 4.98 Å². The van der Waals surface area contributed by atoms with E-state index in [1.807, 2.05) is 0 Å². The molecular weight excluding hydrogens is 223 g/mol. The van der Waals surface area contributed by atoms with Gasteiger partial charge in [0.05, 0.1) is 5.56 Å². The molecule has 0 radical (unpaired) electrons. The Balaban J connectivity index is 2.64. The van der Waals surface area contributed by atoms with Gasteiger partial charge in [0, 0.05) is 19.2 Å². The van der Waals surface area contributed by atoms with Gasteiger partial charge in [-0.2, -0.15) is 13.2 Å². The van der Waals surface area contributed by atoms with Gasteiger partial charge in [0.15, 0.2) is 0 Å². The van der Waals surface area contributed by atoms with Crippen LogP contribution in [0.2, 0.25) is 0 Å². The number of anilines is 1. The summed E-state index contributed by atoms with van der Waals surface area (Å²) in [5.41, 5.74) is 4.09. The van der Waals surface area contributed by atoms with E-state index >= 15 is 0 Å². The third-order valence-corrected chi connectivity index (χ3v) is 1.76. The molecule has 1 aromatic rings. The van der Waals surface area contributed by atoms with Crippen LogP contribution in [0.4, 0.5) is 19.0 Å². The van der Waals surface area contributed by atoms with Crippen molar-refractivity contribution in [2.24, 2.45) is 5.73 Å². The molecule has 0 fully saturated rings. The van der Waals surface area contributed by atoms with Crippen LogP contribution in [0.25, 0.3) is 0 Å². The first-order chi connectivity index (χ1) is 7.39. The van der Waals surface area contributed by atoms with Gasteiger partial charge in [0.2, 0.25) is 5.91 Å². The molecule has 1 amide bonds. The van der Waals surface area contributed by atoms with E-state index in [1.165, 1.54) is 0 Å². The number of alkyl halides is 3. The standard InChI is InChI=1S/C9H10F3N3O/c10-9(11,12)6-1-3-14-8(5-6)15-4-2-7(13)16/h1,3,5H,2,4H2,(H2,13,16)(H,14,15). The molecule has 0 aliphatic rings. The van der Waals surface area contributed by atoms with Crippen molar-refractivity contribution < 1.29 is 18.0 Å². The second kappa shape index (κ2) is 4.82. The summed E-state index contributed by atoms with van der Waals surface area (Å²) in [6.45, 7) is 0.156. The van der Waals surface area contributed by atoms with Crippen LogP contribution >= 0.6 is 0 Å². The first-order valence-corrected chi connectivity index (χ1v) is 4.45. The largest absolute Gasteiger partial charge is 0.416 e. The van der Waals surface area contributed by atoms with Crippen molar-refractivity contribution in [3.63, 3.8) is 0 Å². The second-order valence-corrected chi connectivity index (χ2v) is 3.07. The number of nitrogens with two attached hydrogens (primary N) is 1. The minimum Gasteiger partial charge on any atom is -0.370 e. The zero-order valence-corrected chi connectivity index (χ0v) is 8.21. The van der Waals surface area contributed by atoms with Crippen LogP contribution in [0.5, 0.6) is 0 Å². The molecule has 0 aliphatic heterocycles. The SMILES string of the molecule is NC(=O)CCNc1cc(C(F)(F)F)ccn1. The number of rotatable bonds is 4. The molecule has 0 aromatic carbocycles. The predicted octanol–water partition coefficient (Wildman–Crippen LogP) is 1.39. The lowest BCUT2D eigenvalue weighted by Gasteiger charge is -2.08. The Morgan fingerprint density at radius 1 is 1.50 bits per heavy atom. The normalized spacial score (nSPS) is 11.2. The number of aromatic nitrogens is 1. The molecule has 1 rings (SSSR count). The number of nitrogens with zero attached hydrogens (tertiary/aromatic N) is 1. The molecule has 7 heteroatoms. The molecule has 88 valence electrons. The highest BCUT2D eigenvalue weighted by atomic mass is 19.4. The number of hydrogen-bond donors (Lipinski definition) is 2. The maximum absolute atomic E-state index is 12.3. The average molecular weight is 233 g/mol. The fourth-order valence-electron chi connectivity index (χ4n) is 1.02. The molecule has 16 heavy (non-hydrogen) atoms. The lowest BCUT2D eigenvalue weighted by Crippen LogP contribution is -2.16. The van der Waals surface area contributed by atoms with Crippen LogP contribution in [-0.4, -0.2) is 17.4 Å². The number of halogens is 3. The van der Waals surface area contributed by atoms with Gasteiger partial charge in [0.25, 0.3) is 0 Å². The number of carbonyl (C=O) groups excluding carboxylic acids is 1. The van der Waals surface area contributed by atoms with Crippen LogP contribution in [0.3, 0.4) is 0 Å². The molecule has 0 bridgehead atoms. The minimum absolute atomic E-state index is 0.0396. The van der Waals surface area contributed by atoms with Gasteiger partial charge in [-0.1, -0.05) is 0 Å². The predicted molar refractivity (Wildman–Crippen MR) is 51.5 cm³/mol. The summed E-state index contributed by atoms with van der Waals surface area (Å²) in [4.78, 5) is 14.1. The number of carbonyl (C=O) groups is 1. The maximum Gasteiger partial charge on any atom is 0.416 e. The smallest absolute Gasteiger partial charge is 0.370 e. The van der Waals surface area contributed by atoms with Crippen LogP contribution in [0, 0.1) is 0 Å². The van der Waals surface area contributed by atoms with E-state index in [0.29, 0.717) is 0 Å². The zero-order chi connectivity index (χ0) is 12.2. The topological polar surface area (TPSA) is 68.0 Å². The first-order valence-electron chi connectivity index (χ1n) is 4.45. The van der Waals surface area contributed by atoms with Crippen molar-refractivity contribution in [1.82, 2.24) is 4.98 Å². The molecule has 0 saturated carbocycles. The zero-order valence-electron chi connectivity index (χ0n) is 8.21. The lowest BCUT2D eigenvalue weighted by molar-refractivity contribution is -0.137. The van der Waals surface area contributed by atoms with Gasteiger partial charge in [-0.05, 0) is 12.1 Å². The highest BCUT2D eigenvalue weighted by Crippen LogP contribution is 2.29. The van der Waals surface area contributed by atoms with E-state index in [2.05, 4.69) is 10.3 Å². The lowest BCUT2D eigenvalue weighted by atomic mass is 10.2. The Morgan fingerprint density at radius 3 is 2.75 bits per heavy atom. The fraction of sp³-hybridized carbons (Fsp3) is 0.333. The van der Waals surface area contributed by atoms with E-state index in [9.17, 15) is 18.0 Å². The van der Waals surface area contributed by atoms with Crippen molar-refractivity contribution in [2.45, 2.75) is 12.6 Å². The van der Waals surface area contributed by atoms with Crippen LogP contribution in [-0.2, 0) is 11.0 Å². The number of hydrogen-bond acceptors (Lipinski definition) is 3. The molecule has 0 spiro atoms. The third kappa shape index (κ3) is 3.76. The van der Waals surface area contributed by atoms with Gasteiger partial charge < -0.3 is 11.1 Å². The van der Waals surface area contributed by atoms with Crippen molar-refractivity contribution >= 4 is 11.7 Å². The Bertz CT molecular complexity index is 379. The number of amides is 1. The number of pyridine rings is 1. The summed E-state index contributed by atoms with van der Waals surface area (Å²) in [6.07, 6.45) is -3.31. The number of nitrogens with one attached hydrogen (secondary N) is 1. The molecule has 4 nitrogen and oxygen atoms in total. The van der Waals surface area contributed by atoms with E-state index in [0.717, 1.165) is 18.3 Å². The molecule has 0 aliphatic carbocycles. The van der Waals surface area contributed by atoms with Crippen LogP contribution in [0.1, 0.15) is 12.0 Å². The minimum atomic E-state index is -4.40. The first kappa shape index (κ1) is 12.3. The van der Waals surface area contributed by atoms with E-state index < -0.39 is 17.6 Å². The summed E-state index contributed by atoms with van der Waals surface area (Å²) in [5, 5.41) is 2.58. The molecule has 3 N–H and O–H groups in total. The second-order valence-electron chi connectivity index (χ2n) is 3.07. The molecule has 0 atom stereocenters. The Labute approximate surface area is 89.7 Å². The quantitative estimate of drug-likeness (QED) is 0.825. The maximum atomic E-state index is 12.3. The summed E-state index contributed by atoms with van der Waals surface area (Å²) in [6, 6.07) is 1.75. The molecule has 0 saturated heterocycles. The summed E-state index contributed by atoms with van der Waals surface area (Å²) >= 11 is 0. The Morgan fingerprint density at radius 2 is 2.19 bits per heavy atom. The summed E-state index contributed by atoms with van der Waals surface area (Å²) < 4.78 is 36.9. The fourth-order valence-corrected chi connectivity index (χ4v) is 1.02. The molecular formula is C9H10F3N3O. The monoisotopic (exact) mass is 233 g/mol. The van der Waals surface area contributed by atoms with Gasteiger partial charge >= 0.3 is 6.18 Å². The van der Waals surface area contributed by atoms with Gasteiger partial charge in [-0.15, -0.1) is 0 Å². The highest BCUT2D eigenvalue weighted by molar-refractivity contribution is 5.74. The van der Waals surface area contributed by atoms with Gasteiger partial charge in [-0.3, -0.25) is 4.79 Å². The summed E-state index contributed by atoms with van der Waals surface area (Å²) in [5.74, 6) is -0.462. The Kier molecular flexibility index (Phi) is 3.70. The highest BCUT2D eigenvalue weighted by Gasteiger charge is 2.30. The van der Waals surface area contributed by atoms with Crippen molar-refractivity contribution in [3.8, 4) is 0 Å². The number of primary amides is 1. The molecule has 1 aromatic heterocycles. The van der Waals surface area contributed by atoms with Crippen molar-refractivity contribution in [2.75, 3.05) is 11.9 Å². The average Bonchev–Trinajstić information content (AvgIpc) is 2.16. The third-order valence-electron chi connectivity index (χ3n) is 1.76. The van der Waals surface area contributed by atoms with Crippen LogP contribution in [0.15, 0.2) is 18.3 Å². The summed E-state index contributed by atoms with van der Waals surface area (Å²) in [7, 11) is 0. The van der Waals surface area contributed by atoms with Gasteiger partial charge in [0.1, 0.15) is 5.82 Å². The van der Waals surface area contributed by atoms with E-state index in [1.54, 1.807) is 0 Å². The van der Waals surface area contributed by atoms with Crippen molar-refractivity contribution in [1.29, 1.82) is 0 Å². The Hall–Kier alpha value is -1.79.